The summed E-state index contributed by atoms with van der Waals surface area (Å²) in [5, 5.41) is 0. The number of rotatable bonds is 16. The molecule has 1 aliphatic rings. The zero-order chi connectivity index (χ0) is 44.9. The Hall–Kier alpha value is -6.64. The van der Waals surface area contributed by atoms with Crippen LogP contribution in [0.1, 0.15) is 94.9 Å². The summed E-state index contributed by atoms with van der Waals surface area (Å²) in [7, 11) is 0. The molecule has 1 aliphatic carbocycles. The monoisotopic (exact) mass is 849 g/mol. The van der Waals surface area contributed by atoms with Crippen molar-refractivity contribution in [2.75, 3.05) is 9.80 Å². The van der Waals surface area contributed by atoms with Crippen LogP contribution in [0.15, 0.2) is 194 Å². The lowest BCUT2D eigenvalue weighted by atomic mass is 9.87. The quantitative estimate of drug-likeness (QED) is 0.0956. The first kappa shape index (κ1) is 43.6. The fourth-order valence-electron chi connectivity index (χ4n) is 9.95. The van der Waals surface area contributed by atoms with Crippen LogP contribution in [0.2, 0.25) is 0 Å². The summed E-state index contributed by atoms with van der Waals surface area (Å²) in [6, 6.07) is 72.4. The number of hydrogen-bond donors (Lipinski definition) is 0. The molecule has 0 radical (unpaired) electrons. The van der Waals surface area contributed by atoms with Crippen LogP contribution in [0.4, 0.5) is 34.1 Å². The van der Waals surface area contributed by atoms with Crippen LogP contribution in [0.3, 0.4) is 0 Å². The minimum Gasteiger partial charge on any atom is -0.310 e. The van der Waals surface area contributed by atoms with E-state index in [0.29, 0.717) is 23.7 Å². The summed E-state index contributed by atoms with van der Waals surface area (Å²) in [5.41, 5.74) is 19.9. The highest BCUT2D eigenvalue weighted by Gasteiger charge is 2.20. The van der Waals surface area contributed by atoms with Gasteiger partial charge in [0.25, 0.3) is 0 Å². The molecule has 0 aromatic heterocycles. The lowest BCUT2D eigenvalue weighted by molar-refractivity contribution is 0.489. The van der Waals surface area contributed by atoms with Gasteiger partial charge in [-0.25, -0.2) is 0 Å². The summed E-state index contributed by atoms with van der Waals surface area (Å²) in [6.45, 7) is 13.9. The Morgan fingerprint density at radius 1 is 0.354 bits per heavy atom. The molecule has 0 heterocycles. The van der Waals surface area contributed by atoms with E-state index in [1.54, 1.807) is 0 Å². The first-order valence-electron chi connectivity index (χ1n) is 24.1. The fourth-order valence-corrected chi connectivity index (χ4v) is 9.95. The van der Waals surface area contributed by atoms with Gasteiger partial charge in [-0.15, -0.1) is 0 Å². The minimum atomic E-state index is 0.558. The molecule has 2 nitrogen and oxygen atoms in total. The molecule has 0 amide bonds. The maximum atomic E-state index is 2.42. The van der Waals surface area contributed by atoms with E-state index >= 15 is 0 Å². The zero-order valence-electron chi connectivity index (χ0n) is 39.2. The first-order valence-corrected chi connectivity index (χ1v) is 24.1. The van der Waals surface area contributed by atoms with Gasteiger partial charge >= 0.3 is 0 Å². The number of fused-ring (bicyclic) bond motifs is 1. The number of hydrogen-bond acceptors (Lipinski definition) is 2. The molecular formula is C63H64N2. The van der Waals surface area contributed by atoms with Crippen LogP contribution in [-0.4, -0.2) is 0 Å². The summed E-state index contributed by atoms with van der Waals surface area (Å²) < 4.78 is 0. The average Bonchev–Trinajstić information content (AvgIpc) is 3.32. The molecule has 0 saturated heterocycles. The van der Waals surface area contributed by atoms with E-state index in [-0.39, 0.29) is 0 Å². The maximum absolute atomic E-state index is 2.42. The van der Waals surface area contributed by atoms with Gasteiger partial charge < -0.3 is 9.80 Å². The molecule has 8 aromatic carbocycles. The molecule has 65 heavy (non-hydrogen) atoms. The number of aryl methyl sites for hydroxylation is 2. The second-order valence-electron chi connectivity index (χ2n) is 19.2. The predicted molar refractivity (Wildman–Crippen MR) is 280 cm³/mol. The van der Waals surface area contributed by atoms with E-state index in [9.17, 15) is 0 Å². The van der Waals surface area contributed by atoms with Crippen molar-refractivity contribution in [1.82, 2.24) is 0 Å². The first-order chi connectivity index (χ1) is 31.7. The van der Waals surface area contributed by atoms with Crippen LogP contribution >= 0.6 is 0 Å². The predicted octanol–water partition coefficient (Wildman–Crippen LogP) is 18.4. The van der Waals surface area contributed by atoms with E-state index in [2.05, 4.69) is 245 Å². The van der Waals surface area contributed by atoms with Crippen molar-refractivity contribution in [3.63, 3.8) is 0 Å². The van der Waals surface area contributed by atoms with Crippen LogP contribution in [0, 0.1) is 11.8 Å². The molecule has 0 aliphatic heterocycles. The highest BCUT2D eigenvalue weighted by Crippen LogP contribution is 2.42. The number of para-hydroxylation sites is 1. The van der Waals surface area contributed by atoms with Crippen molar-refractivity contribution in [2.45, 2.75) is 85.5 Å². The molecular weight excluding hydrogens is 785 g/mol. The lowest BCUT2D eigenvalue weighted by Crippen LogP contribution is -2.14. The van der Waals surface area contributed by atoms with Crippen molar-refractivity contribution in [3.05, 3.63) is 216 Å². The molecule has 326 valence electrons. The lowest BCUT2D eigenvalue weighted by Gasteiger charge is -2.29. The van der Waals surface area contributed by atoms with E-state index in [1.165, 1.54) is 87.0 Å². The summed E-state index contributed by atoms with van der Waals surface area (Å²) in [6.07, 6.45) is 5.91. The number of nitrogens with zero attached hydrogens (tertiary/aromatic N) is 2. The van der Waals surface area contributed by atoms with E-state index in [0.717, 1.165) is 34.9 Å². The molecule has 0 N–H and O–H groups in total. The van der Waals surface area contributed by atoms with Gasteiger partial charge in [0.05, 0.1) is 0 Å². The molecule has 9 rings (SSSR count). The Morgan fingerprint density at radius 3 is 1.23 bits per heavy atom. The maximum Gasteiger partial charge on any atom is 0.0467 e. The smallest absolute Gasteiger partial charge is 0.0467 e. The third kappa shape index (κ3) is 9.88. The molecule has 0 spiro atoms. The largest absolute Gasteiger partial charge is 0.310 e. The van der Waals surface area contributed by atoms with Gasteiger partial charge in [-0.05, 0) is 184 Å². The molecule has 8 aromatic rings. The van der Waals surface area contributed by atoms with Crippen molar-refractivity contribution in [2.24, 2.45) is 11.8 Å². The molecule has 2 unspecified atom stereocenters. The third-order valence-electron chi connectivity index (χ3n) is 13.5. The third-order valence-corrected chi connectivity index (χ3v) is 13.5. The van der Waals surface area contributed by atoms with Crippen molar-refractivity contribution >= 4 is 34.1 Å². The van der Waals surface area contributed by atoms with E-state index < -0.39 is 0 Å². The van der Waals surface area contributed by atoms with Gasteiger partial charge in [-0.1, -0.05) is 163 Å². The summed E-state index contributed by atoms with van der Waals surface area (Å²) >= 11 is 0. The normalized spacial score (nSPS) is 13.0. The van der Waals surface area contributed by atoms with Gasteiger partial charge in [0.2, 0.25) is 0 Å². The Balaban J connectivity index is 1.02. The highest BCUT2D eigenvalue weighted by atomic mass is 15.1. The number of anilines is 6. The van der Waals surface area contributed by atoms with Gasteiger partial charge in [-0.3, -0.25) is 0 Å². The second kappa shape index (κ2) is 19.6. The zero-order valence-corrected chi connectivity index (χ0v) is 39.2. The Bertz CT molecular complexity index is 2800. The topological polar surface area (TPSA) is 6.48 Å². The Labute approximate surface area is 389 Å². The molecule has 0 fully saturated rings. The van der Waals surface area contributed by atoms with Gasteiger partial charge in [0.15, 0.2) is 0 Å². The second-order valence-corrected chi connectivity index (χ2v) is 19.2. The van der Waals surface area contributed by atoms with Crippen LogP contribution in [0.25, 0.3) is 33.4 Å². The van der Waals surface area contributed by atoms with Gasteiger partial charge in [-0.2, -0.15) is 0 Å². The molecule has 0 bridgehead atoms. The SMILES string of the molecule is CCC(CC(C)C)c1ccc(-c2ccc(N(c3cccc(-c4cccc(N(c5ccccc5)c5ccc(-c6ccc(C(C)CC(C)C)cc6)cc5)c4)c3)c3ccc4c(c3)CC4)cc2)cc1. The van der Waals surface area contributed by atoms with Crippen LogP contribution < -0.4 is 9.80 Å². The highest BCUT2D eigenvalue weighted by molar-refractivity contribution is 5.84. The van der Waals surface area contributed by atoms with Crippen molar-refractivity contribution < 1.29 is 0 Å². The summed E-state index contributed by atoms with van der Waals surface area (Å²) in [5.74, 6) is 2.55. The van der Waals surface area contributed by atoms with Crippen LogP contribution in [0.5, 0.6) is 0 Å². The number of benzene rings is 8. The Morgan fingerprint density at radius 2 is 0.769 bits per heavy atom. The fraction of sp³-hybridized carbons (Fsp3) is 0.238. The average molecular weight is 849 g/mol. The van der Waals surface area contributed by atoms with Crippen molar-refractivity contribution in [3.8, 4) is 33.4 Å². The molecule has 2 atom stereocenters. The van der Waals surface area contributed by atoms with Gasteiger partial charge in [0.1, 0.15) is 0 Å². The van der Waals surface area contributed by atoms with E-state index in [1.807, 2.05) is 0 Å². The molecule has 0 saturated carbocycles. The molecule has 2 heteroatoms. The van der Waals surface area contributed by atoms with E-state index in [4.69, 9.17) is 0 Å². The minimum absolute atomic E-state index is 0.558. The summed E-state index contributed by atoms with van der Waals surface area (Å²) in [4.78, 5) is 4.79. The Kier molecular flexibility index (Phi) is 13.2. The standard InChI is InChI=1S/C63H64N2/c1-7-47(40-45(4)5)49-23-25-51(26-24-49)53-31-36-60(37-32-53)65(63-38-33-54-27-28-57(54)43-63)62-18-12-14-56(42-62)55-13-11-17-61(41-55)64(58-15-9-8-10-16-58)59-34-29-52(30-35-59)50-21-19-48(20-22-50)46(6)39-44(2)3/h8-26,29-38,41-47H,7,27-28,39-40H2,1-6H3. The van der Waals surface area contributed by atoms with Crippen LogP contribution in [-0.2, 0) is 12.8 Å². The van der Waals surface area contributed by atoms with Gasteiger partial charge in [0, 0.05) is 34.1 Å². The van der Waals surface area contributed by atoms with Crippen molar-refractivity contribution in [1.29, 1.82) is 0 Å².